The van der Waals surface area contributed by atoms with Gasteiger partial charge in [-0.2, -0.15) is 0 Å². The molecule has 0 saturated carbocycles. The topological polar surface area (TPSA) is 149 Å². The van der Waals surface area contributed by atoms with Crippen LogP contribution in [0.3, 0.4) is 0 Å². The molecule has 5 N–H and O–H groups in total. The predicted octanol–water partition coefficient (Wildman–Crippen LogP) is 1.66. The van der Waals surface area contributed by atoms with Crippen LogP contribution in [-0.2, 0) is 30.3 Å². The number of methoxy groups -OCH3 is 1. The molecular formula is C27H38N4O6. The van der Waals surface area contributed by atoms with Gasteiger partial charge >= 0.3 is 5.97 Å². The van der Waals surface area contributed by atoms with Crippen molar-refractivity contribution in [3.8, 4) is 5.75 Å². The average Bonchev–Trinajstić information content (AvgIpc) is 2.87. The van der Waals surface area contributed by atoms with Crippen molar-refractivity contribution in [2.75, 3.05) is 20.3 Å². The lowest BCUT2D eigenvalue weighted by atomic mass is 10.0. The SMILES string of the molecule is C=CCOc1ccc(C[C@H](NC(C)=O)C(=O)N/C(=C/CCCN)C(=O)N[C@@H](CC=C)CC(=O)OC)cc1. The number of nitrogens with two attached hydrogens (primary N) is 1. The predicted molar refractivity (Wildman–Crippen MR) is 141 cm³/mol. The standard InChI is InChI=1S/C27H38N4O6/c1-5-9-21(18-25(33)36-4)30-26(34)23(10-7-8-15-28)31-27(35)24(29-19(3)32)17-20-11-13-22(14-12-20)37-16-6-2/h5-6,10-14,21,24H,1-2,7-9,15-18,28H2,3-4H3,(H,29,32)(H,30,34)(H,31,35)/b23-10+/t21-,24-/m0/s1. The molecule has 1 aromatic carbocycles. The number of unbranched alkanes of at least 4 members (excludes halogenated alkanes) is 1. The average molecular weight is 515 g/mol. The molecule has 0 heterocycles. The number of ether oxygens (including phenoxy) is 2. The molecule has 2 atom stereocenters. The van der Waals surface area contributed by atoms with Crippen LogP contribution < -0.4 is 26.4 Å². The fraction of sp³-hybridized carbons (Fsp3) is 0.407. The molecule has 0 unspecified atom stereocenters. The maximum atomic E-state index is 13.2. The van der Waals surface area contributed by atoms with Crippen molar-refractivity contribution in [3.05, 3.63) is 66.9 Å². The Morgan fingerprint density at radius 3 is 2.35 bits per heavy atom. The van der Waals surface area contributed by atoms with Crippen molar-refractivity contribution < 1.29 is 28.7 Å². The number of rotatable bonds is 17. The Morgan fingerprint density at radius 1 is 1.08 bits per heavy atom. The highest BCUT2D eigenvalue weighted by atomic mass is 16.5. The molecular weight excluding hydrogens is 476 g/mol. The Labute approximate surface area is 218 Å². The maximum absolute atomic E-state index is 13.2. The van der Waals surface area contributed by atoms with Crippen LogP contribution >= 0.6 is 0 Å². The van der Waals surface area contributed by atoms with Crippen LogP contribution in [0.5, 0.6) is 5.75 Å². The van der Waals surface area contributed by atoms with Crippen LogP contribution in [0.15, 0.2) is 61.3 Å². The first-order valence-corrected chi connectivity index (χ1v) is 12.0. The highest BCUT2D eigenvalue weighted by Crippen LogP contribution is 2.14. The second-order valence-corrected chi connectivity index (χ2v) is 8.21. The normalized spacial score (nSPS) is 12.5. The van der Waals surface area contributed by atoms with Crippen LogP contribution in [0.2, 0.25) is 0 Å². The number of benzene rings is 1. The summed E-state index contributed by atoms with van der Waals surface area (Å²) in [5.74, 6) is -1.38. The lowest BCUT2D eigenvalue weighted by molar-refractivity contribution is -0.141. The zero-order valence-electron chi connectivity index (χ0n) is 21.6. The van der Waals surface area contributed by atoms with Crippen molar-refractivity contribution in [2.45, 2.75) is 51.1 Å². The Hall–Kier alpha value is -3.92. The van der Waals surface area contributed by atoms with Crippen molar-refractivity contribution in [1.82, 2.24) is 16.0 Å². The zero-order chi connectivity index (χ0) is 27.6. The molecule has 37 heavy (non-hydrogen) atoms. The molecule has 0 aliphatic carbocycles. The molecule has 0 fully saturated rings. The van der Waals surface area contributed by atoms with Gasteiger partial charge in [0.15, 0.2) is 0 Å². The van der Waals surface area contributed by atoms with Gasteiger partial charge in [0, 0.05) is 19.4 Å². The van der Waals surface area contributed by atoms with E-state index in [4.69, 9.17) is 10.5 Å². The number of amides is 3. The summed E-state index contributed by atoms with van der Waals surface area (Å²) in [6, 6.07) is 5.58. The van der Waals surface area contributed by atoms with Gasteiger partial charge in [-0.15, -0.1) is 6.58 Å². The minimum absolute atomic E-state index is 0.000836. The van der Waals surface area contributed by atoms with E-state index in [0.29, 0.717) is 38.2 Å². The van der Waals surface area contributed by atoms with Gasteiger partial charge in [0.1, 0.15) is 24.1 Å². The van der Waals surface area contributed by atoms with Crippen LogP contribution in [-0.4, -0.2) is 56.0 Å². The number of esters is 1. The van der Waals surface area contributed by atoms with Gasteiger partial charge in [0.2, 0.25) is 11.8 Å². The third kappa shape index (κ3) is 12.6. The van der Waals surface area contributed by atoms with E-state index < -0.39 is 35.8 Å². The quantitative estimate of drug-likeness (QED) is 0.107. The fourth-order valence-corrected chi connectivity index (χ4v) is 3.29. The zero-order valence-corrected chi connectivity index (χ0v) is 21.6. The van der Waals surface area contributed by atoms with E-state index in [-0.39, 0.29) is 18.5 Å². The van der Waals surface area contributed by atoms with Crippen LogP contribution in [0.1, 0.15) is 38.2 Å². The third-order valence-electron chi connectivity index (χ3n) is 5.11. The number of hydrogen-bond donors (Lipinski definition) is 4. The first kappa shape index (κ1) is 31.1. The van der Waals surface area contributed by atoms with Crippen molar-refractivity contribution in [3.63, 3.8) is 0 Å². The lowest BCUT2D eigenvalue weighted by Crippen LogP contribution is -2.49. The molecule has 0 radical (unpaired) electrons. The lowest BCUT2D eigenvalue weighted by Gasteiger charge is -2.21. The van der Waals surface area contributed by atoms with Gasteiger partial charge in [-0.1, -0.05) is 36.9 Å². The summed E-state index contributed by atoms with van der Waals surface area (Å²) in [7, 11) is 1.26. The summed E-state index contributed by atoms with van der Waals surface area (Å²) in [4.78, 5) is 49.7. The van der Waals surface area contributed by atoms with E-state index >= 15 is 0 Å². The molecule has 10 heteroatoms. The van der Waals surface area contributed by atoms with Crippen molar-refractivity contribution in [2.24, 2.45) is 5.73 Å². The molecule has 0 spiro atoms. The van der Waals surface area contributed by atoms with Gasteiger partial charge in [-0.25, -0.2) is 0 Å². The summed E-state index contributed by atoms with van der Waals surface area (Å²) < 4.78 is 10.2. The first-order valence-electron chi connectivity index (χ1n) is 12.0. The van der Waals surface area contributed by atoms with E-state index in [9.17, 15) is 19.2 Å². The fourth-order valence-electron chi connectivity index (χ4n) is 3.29. The molecule has 0 saturated heterocycles. The molecule has 3 amide bonds. The molecule has 0 aromatic heterocycles. The Kier molecular flexibility index (Phi) is 14.7. The Balaban J connectivity index is 3.05. The van der Waals surface area contributed by atoms with Gasteiger partial charge in [-0.05, 0) is 43.5 Å². The highest BCUT2D eigenvalue weighted by molar-refractivity contribution is 5.99. The van der Waals surface area contributed by atoms with Crippen LogP contribution in [0, 0.1) is 0 Å². The summed E-state index contributed by atoms with van der Waals surface area (Å²) >= 11 is 0. The smallest absolute Gasteiger partial charge is 0.307 e. The maximum Gasteiger partial charge on any atom is 0.307 e. The second-order valence-electron chi connectivity index (χ2n) is 8.21. The largest absolute Gasteiger partial charge is 0.490 e. The van der Waals surface area contributed by atoms with E-state index in [0.717, 1.165) is 5.56 Å². The summed E-state index contributed by atoms with van der Waals surface area (Å²) in [6.45, 7) is 9.34. The van der Waals surface area contributed by atoms with Gasteiger partial charge in [0.05, 0.1) is 13.5 Å². The van der Waals surface area contributed by atoms with E-state index in [1.165, 1.54) is 14.0 Å². The molecule has 1 rings (SSSR count). The van der Waals surface area contributed by atoms with Crippen molar-refractivity contribution >= 4 is 23.7 Å². The minimum Gasteiger partial charge on any atom is -0.490 e. The number of nitrogens with one attached hydrogen (secondary N) is 3. The minimum atomic E-state index is -0.942. The third-order valence-corrected chi connectivity index (χ3v) is 5.11. The molecule has 0 aliphatic rings. The van der Waals surface area contributed by atoms with Crippen LogP contribution in [0.4, 0.5) is 0 Å². The number of carbonyl (C=O) groups excluding carboxylic acids is 4. The van der Waals surface area contributed by atoms with E-state index in [1.54, 1.807) is 42.5 Å². The van der Waals surface area contributed by atoms with Crippen molar-refractivity contribution in [1.29, 1.82) is 0 Å². The van der Waals surface area contributed by atoms with Gasteiger partial charge < -0.3 is 31.2 Å². The van der Waals surface area contributed by atoms with Crippen LogP contribution in [0.25, 0.3) is 0 Å². The first-order chi connectivity index (χ1) is 17.7. The summed E-state index contributed by atoms with van der Waals surface area (Å²) in [5, 5.41) is 8.00. The van der Waals surface area contributed by atoms with E-state index in [1.807, 2.05) is 0 Å². The molecule has 10 nitrogen and oxygen atoms in total. The molecule has 0 bridgehead atoms. The van der Waals surface area contributed by atoms with E-state index in [2.05, 4.69) is 33.8 Å². The second kappa shape index (κ2) is 17.5. The highest BCUT2D eigenvalue weighted by Gasteiger charge is 2.24. The summed E-state index contributed by atoms with van der Waals surface area (Å²) in [6.07, 6.45) is 6.27. The van der Waals surface area contributed by atoms with Gasteiger partial charge in [-0.3, -0.25) is 19.2 Å². The summed E-state index contributed by atoms with van der Waals surface area (Å²) in [5.41, 5.74) is 6.35. The molecule has 202 valence electrons. The van der Waals surface area contributed by atoms with Gasteiger partial charge in [0.25, 0.3) is 5.91 Å². The monoisotopic (exact) mass is 514 g/mol. The Morgan fingerprint density at radius 2 is 1.78 bits per heavy atom. The Bertz CT molecular complexity index is 958. The molecule has 0 aliphatic heterocycles. The number of hydrogen-bond acceptors (Lipinski definition) is 7. The molecule has 1 aromatic rings. The number of allylic oxidation sites excluding steroid dienone is 1. The number of carbonyl (C=O) groups is 4.